The van der Waals surface area contributed by atoms with E-state index in [0.717, 1.165) is 18.7 Å². The maximum atomic E-state index is 5.83. The molecule has 2 aromatic rings. The van der Waals surface area contributed by atoms with Crippen LogP contribution < -0.4 is 10.1 Å². The molecule has 1 aromatic heterocycles. The van der Waals surface area contributed by atoms with Crippen LogP contribution in [0.4, 0.5) is 5.95 Å². The third-order valence-electron chi connectivity index (χ3n) is 2.40. The van der Waals surface area contributed by atoms with E-state index in [1.165, 1.54) is 0 Å². The fraction of sp³-hybridized carbons (Fsp3) is 0.286. The number of aromatic nitrogens is 2. The first kappa shape index (κ1) is 13.6. The van der Waals surface area contributed by atoms with Crippen molar-refractivity contribution in [2.45, 2.75) is 20.3 Å². The highest BCUT2D eigenvalue weighted by atomic mass is 35.5. The van der Waals surface area contributed by atoms with E-state index < -0.39 is 0 Å². The highest BCUT2D eigenvalue weighted by Gasteiger charge is 2.04. The molecule has 0 unspecified atom stereocenters. The van der Waals surface area contributed by atoms with E-state index in [9.17, 15) is 0 Å². The summed E-state index contributed by atoms with van der Waals surface area (Å²) >= 11 is 5.83. The van der Waals surface area contributed by atoms with Crippen molar-refractivity contribution in [1.29, 1.82) is 0 Å². The van der Waals surface area contributed by atoms with Crippen LogP contribution >= 0.6 is 11.6 Å². The second-order valence-corrected chi connectivity index (χ2v) is 4.59. The molecule has 2 rings (SSSR count). The van der Waals surface area contributed by atoms with Gasteiger partial charge in [-0.15, -0.1) is 0 Å². The average Bonchev–Trinajstić information content (AvgIpc) is 2.38. The van der Waals surface area contributed by atoms with Gasteiger partial charge < -0.3 is 10.1 Å². The molecule has 0 amide bonds. The minimum absolute atomic E-state index is 0.522. The Hall–Kier alpha value is -1.81. The fourth-order valence-electron chi connectivity index (χ4n) is 1.53. The minimum atomic E-state index is 0.522. The predicted molar refractivity (Wildman–Crippen MR) is 77.1 cm³/mol. The van der Waals surface area contributed by atoms with Crippen molar-refractivity contribution in [1.82, 2.24) is 9.97 Å². The van der Waals surface area contributed by atoms with Crippen LogP contribution in [0, 0.1) is 6.92 Å². The number of ether oxygens (including phenoxy) is 1. The zero-order valence-corrected chi connectivity index (χ0v) is 11.7. The molecular formula is C14H16ClN3O. The van der Waals surface area contributed by atoms with Gasteiger partial charge in [-0.3, -0.25) is 0 Å². The third kappa shape index (κ3) is 4.10. The van der Waals surface area contributed by atoms with E-state index in [0.29, 0.717) is 22.6 Å². The van der Waals surface area contributed by atoms with Crippen molar-refractivity contribution in [2.24, 2.45) is 0 Å². The van der Waals surface area contributed by atoms with Gasteiger partial charge in [-0.2, -0.15) is 4.98 Å². The molecule has 19 heavy (non-hydrogen) atoms. The van der Waals surface area contributed by atoms with Gasteiger partial charge in [0.15, 0.2) is 0 Å². The van der Waals surface area contributed by atoms with E-state index in [4.69, 9.17) is 16.3 Å². The molecule has 0 aliphatic carbocycles. The fourth-order valence-corrected chi connectivity index (χ4v) is 1.66. The van der Waals surface area contributed by atoms with Gasteiger partial charge in [0.2, 0.25) is 11.8 Å². The van der Waals surface area contributed by atoms with Crippen molar-refractivity contribution in [2.75, 3.05) is 11.9 Å². The summed E-state index contributed by atoms with van der Waals surface area (Å²) in [5, 5.41) is 3.82. The molecule has 4 nitrogen and oxygen atoms in total. The number of nitrogens with one attached hydrogen (secondary N) is 1. The van der Waals surface area contributed by atoms with Gasteiger partial charge in [-0.25, -0.2) is 4.98 Å². The summed E-state index contributed by atoms with van der Waals surface area (Å²) in [5.41, 5.74) is 0.859. The maximum Gasteiger partial charge on any atom is 0.226 e. The highest BCUT2D eigenvalue weighted by molar-refractivity contribution is 6.30. The minimum Gasteiger partial charge on any atom is -0.439 e. The number of hydrogen-bond acceptors (Lipinski definition) is 4. The first-order chi connectivity index (χ1) is 9.17. The molecule has 1 heterocycles. The summed E-state index contributed by atoms with van der Waals surface area (Å²) in [4.78, 5) is 8.62. The lowest BCUT2D eigenvalue weighted by molar-refractivity contribution is 0.461. The number of aryl methyl sites for hydroxylation is 1. The molecule has 0 saturated heterocycles. The van der Waals surface area contributed by atoms with E-state index in [1.807, 2.05) is 6.92 Å². The second-order valence-electron chi connectivity index (χ2n) is 4.15. The molecule has 0 aliphatic rings. The Balaban J connectivity index is 2.15. The molecule has 1 N–H and O–H groups in total. The molecule has 0 atom stereocenters. The van der Waals surface area contributed by atoms with E-state index in [-0.39, 0.29) is 0 Å². The lowest BCUT2D eigenvalue weighted by Gasteiger charge is -2.08. The highest BCUT2D eigenvalue weighted by Crippen LogP contribution is 2.22. The first-order valence-corrected chi connectivity index (χ1v) is 6.58. The number of nitrogens with zero attached hydrogens (tertiary/aromatic N) is 2. The lowest BCUT2D eigenvalue weighted by atomic mass is 10.3. The van der Waals surface area contributed by atoms with Gasteiger partial charge in [0, 0.05) is 23.3 Å². The average molecular weight is 278 g/mol. The van der Waals surface area contributed by atoms with Crippen LogP contribution in [0.15, 0.2) is 30.3 Å². The Morgan fingerprint density at radius 3 is 2.63 bits per heavy atom. The van der Waals surface area contributed by atoms with Crippen molar-refractivity contribution in [3.63, 3.8) is 0 Å². The van der Waals surface area contributed by atoms with Gasteiger partial charge in [-0.05, 0) is 37.6 Å². The quantitative estimate of drug-likeness (QED) is 0.895. The summed E-state index contributed by atoms with van der Waals surface area (Å²) < 4.78 is 5.69. The van der Waals surface area contributed by atoms with Crippen molar-refractivity contribution < 1.29 is 4.74 Å². The Kier molecular flexibility index (Phi) is 4.58. The Morgan fingerprint density at radius 2 is 1.95 bits per heavy atom. The van der Waals surface area contributed by atoms with Gasteiger partial charge in [0.1, 0.15) is 5.75 Å². The largest absolute Gasteiger partial charge is 0.439 e. The number of anilines is 1. The van der Waals surface area contributed by atoms with E-state index >= 15 is 0 Å². The monoisotopic (exact) mass is 277 g/mol. The topological polar surface area (TPSA) is 47.0 Å². The summed E-state index contributed by atoms with van der Waals surface area (Å²) in [6.45, 7) is 4.84. The van der Waals surface area contributed by atoms with Gasteiger partial charge in [0.05, 0.1) is 0 Å². The molecular weight excluding hydrogens is 262 g/mol. The summed E-state index contributed by atoms with van der Waals surface area (Å²) in [7, 11) is 0. The van der Waals surface area contributed by atoms with Crippen molar-refractivity contribution >= 4 is 17.5 Å². The van der Waals surface area contributed by atoms with Crippen LogP contribution in [-0.2, 0) is 0 Å². The molecule has 0 spiro atoms. The number of benzene rings is 1. The van der Waals surface area contributed by atoms with Crippen LogP contribution in [-0.4, -0.2) is 16.5 Å². The Morgan fingerprint density at radius 1 is 1.21 bits per heavy atom. The Labute approximate surface area is 117 Å². The number of hydrogen-bond donors (Lipinski definition) is 1. The molecule has 100 valence electrons. The molecule has 0 aliphatic heterocycles. The third-order valence-corrected chi connectivity index (χ3v) is 2.65. The van der Waals surface area contributed by atoms with Gasteiger partial charge >= 0.3 is 0 Å². The Bertz CT molecular complexity index is 543. The SMILES string of the molecule is CCCNc1nc(C)cc(Oc2ccc(Cl)cc2)n1. The molecule has 0 saturated carbocycles. The van der Waals surface area contributed by atoms with E-state index in [2.05, 4.69) is 22.2 Å². The van der Waals surface area contributed by atoms with E-state index in [1.54, 1.807) is 30.3 Å². The van der Waals surface area contributed by atoms with Crippen LogP contribution in [0.25, 0.3) is 0 Å². The molecule has 0 radical (unpaired) electrons. The zero-order valence-electron chi connectivity index (χ0n) is 11.0. The lowest BCUT2D eigenvalue weighted by Crippen LogP contribution is -2.05. The molecule has 0 fully saturated rings. The first-order valence-electron chi connectivity index (χ1n) is 6.20. The molecule has 5 heteroatoms. The summed E-state index contributed by atoms with van der Waals surface area (Å²) in [5.74, 6) is 1.81. The smallest absolute Gasteiger partial charge is 0.226 e. The molecule has 1 aromatic carbocycles. The standard InChI is InChI=1S/C14H16ClN3O/c1-3-8-16-14-17-10(2)9-13(18-14)19-12-6-4-11(15)5-7-12/h4-7,9H,3,8H2,1-2H3,(H,16,17,18). The van der Waals surface area contributed by atoms with Gasteiger partial charge in [-0.1, -0.05) is 18.5 Å². The zero-order chi connectivity index (χ0) is 13.7. The normalized spacial score (nSPS) is 10.3. The van der Waals surface area contributed by atoms with Crippen molar-refractivity contribution in [3.8, 4) is 11.6 Å². The van der Waals surface area contributed by atoms with Crippen LogP contribution in [0.1, 0.15) is 19.0 Å². The van der Waals surface area contributed by atoms with Crippen molar-refractivity contribution in [3.05, 3.63) is 41.0 Å². The number of rotatable bonds is 5. The second kappa shape index (κ2) is 6.38. The maximum absolute atomic E-state index is 5.83. The van der Waals surface area contributed by atoms with Crippen LogP contribution in [0.5, 0.6) is 11.6 Å². The summed E-state index contributed by atoms with van der Waals surface area (Å²) in [6.07, 6.45) is 1.02. The van der Waals surface area contributed by atoms with Crippen LogP contribution in [0.3, 0.4) is 0 Å². The summed E-state index contributed by atoms with van der Waals surface area (Å²) in [6, 6.07) is 8.96. The predicted octanol–water partition coefficient (Wildman–Crippen LogP) is 4.05. The van der Waals surface area contributed by atoms with Gasteiger partial charge in [0.25, 0.3) is 0 Å². The van der Waals surface area contributed by atoms with Crippen LogP contribution in [0.2, 0.25) is 5.02 Å². The molecule has 0 bridgehead atoms. The number of halogens is 1.